The highest BCUT2D eigenvalue weighted by Gasteiger charge is 2.11. The Hall–Kier alpha value is -1.44. The molecule has 2 N–H and O–H groups in total. The zero-order valence-electron chi connectivity index (χ0n) is 9.41. The van der Waals surface area contributed by atoms with Crippen molar-refractivity contribution in [2.75, 3.05) is 5.32 Å². The number of carbonyl (C=O) groups is 1. The van der Waals surface area contributed by atoms with E-state index in [1.165, 1.54) is 5.56 Å². The molecule has 0 atom stereocenters. The Morgan fingerprint density at radius 1 is 1.41 bits per heavy atom. The first-order chi connectivity index (χ1) is 8.06. The lowest BCUT2D eigenvalue weighted by Gasteiger charge is -2.04. The Kier molecular flexibility index (Phi) is 3.41. The fourth-order valence-corrected chi connectivity index (χ4v) is 1.82. The number of anilines is 1. The second-order valence-electron chi connectivity index (χ2n) is 3.66. The van der Waals surface area contributed by atoms with E-state index < -0.39 is 0 Å². The molecule has 0 fully saturated rings. The van der Waals surface area contributed by atoms with Crippen LogP contribution in [0.5, 0.6) is 0 Å². The molecule has 17 heavy (non-hydrogen) atoms. The van der Waals surface area contributed by atoms with Crippen molar-refractivity contribution in [3.8, 4) is 0 Å². The van der Waals surface area contributed by atoms with Crippen molar-refractivity contribution in [2.45, 2.75) is 13.8 Å². The first-order valence-electron chi connectivity index (χ1n) is 5.03. The van der Waals surface area contributed by atoms with Gasteiger partial charge in [-0.3, -0.25) is 9.89 Å². The van der Waals surface area contributed by atoms with Gasteiger partial charge in [0.1, 0.15) is 5.82 Å². The van der Waals surface area contributed by atoms with Crippen molar-refractivity contribution in [1.82, 2.24) is 15.2 Å². The van der Waals surface area contributed by atoms with Gasteiger partial charge in [0.25, 0.3) is 5.91 Å². The van der Waals surface area contributed by atoms with E-state index in [1.54, 1.807) is 6.92 Å². The van der Waals surface area contributed by atoms with Gasteiger partial charge >= 0.3 is 0 Å². The number of H-pyrrole nitrogens is 1. The topological polar surface area (TPSA) is 70.7 Å². The highest BCUT2D eigenvalue weighted by atomic mass is 127. The van der Waals surface area contributed by atoms with Crippen molar-refractivity contribution >= 4 is 34.2 Å². The molecule has 0 radical (unpaired) electrons. The summed E-state index contributed by atoms with van der Waals surface area (Å²) >= 11 is 2.23. The van der Waals surface area contributed by atoms with Gasteiger partial charge in [0.15, 0.2) is 0 Å². The fourth-order valence-electron chi connectivity index (χ4n) is 1.30. The third kappa shape index (κ3) is 2.82. The quantitative estimate of drug-likeness (QED) is 0.823. The zero-order valence-corrected chi connectivity index (χ0v) is 11.6. The van der Waals surface area contributed by atoms with Gasteiger partial charge < -0.3 is 5.32 Å². The van der Waals surface area contributed by atoms with Crippen LogP contribution in [0.25, 0.3) is 0 Å². The highest BCUT2D eigenvalue weighted by Crippen LogP contribution is 2.17. The number of amides is 1. The molecular formula is C11H11IN4O. The van der Waals surface area contributed by atoms with Crippen molar-refractivity contribution < 1.29 is 4.79 Å². The molecule has 2 aromatic rings. The van der Waals surface area contributed by atoms with E-state index in [0.29, 0.717) is 5.82 Å². The summed E-state index contributed by atoms with van der Waals surface area (Å²) in [5.41, 5.74) is 1.92. The molecule has 0 aliphatic rings. The number of carbonyl (C=O) groups excluding carboxylic acids is 1. The molecule has 0 saturated carbocycles. The summed E-state index contributed by atoms with van der Waals surface area (Å²) in [4.78, 5) is 15.7. The van der Waals surface area contributed by atoms with Crippen molar-refractivity contribution in [3.63, 3.8) is 0 Å². The summed E-state index contributed by atoms with van der Waals surface area (Å²) in [6.45, 7) is 3.77. The van der Waals surface area contributed by atoms with Gasteiger partial charge in [-0.05, 0) is 54.1 Å². The summed E-state index contributed by atoms with van der Waals surface area (Å²) in [5, 5.41) is 9.19. The lowest BCUT2D eigenvalue weighted by molar-refractivity contribution is 0.101. The largest absolute Gasteiger partial charge is 0.319 e. The lowest BCUT2D eigenvalue weighted by Crippen LogP contribution is -2.13. The van der Waals surface area contributed by atoms with Crippen LogP contribution in [0.2, 0.25) is 0 Å². The van der Waals surface area contributed by atoms with Crippen LogP contribution in [-0.4, -0.2) is 21.1 Å². The van der Waals surface area contributed by atoms with Gasteiger partial charge in [0, 0.05) is 9.26 Å². The number of nitrogens with zero attached hydrogens (tertiary/aromatic N) is 2. The fraction of sp³-hybridized carbons (Fsp3) is 0.182. The predicted octanol–water partition coefficient (Wildman–Crippen LogP) is 2.28. The van der Waals surface area contributed by atoms with Crippen LogP contribution in [0.1, 0.15) is 22.0 Å². The Morgan fingerprint density at radius 3 is 2.76 bits per heavy atom. The Balaban J connectivity index is 2.15. The summed E-state index contributed by atoms with van der Waals surface area (Å²) in [5.74, 6) is 0.459. The third-order valence-electron chi connectivity index (χ3n) is 2.23. The van der Waals surface area contributed by atoms with E-state index >= 15 is 0 Å². The molecular weight excluding hydrogens is 331 g/mol. The molecule has 1 aromatic carbocycles. The molecule has 88 valence electrons. The van der Waals surface area contributed by atoms with Crippen LogP contribution in [0.4, 0.5) is 5.69 Å². The number of aromatic nitrogens is 3. The molecule has 0 aliphatic carbocycles. The maximum atomic E-state index is 11.8. The van der Waals surface area contributed by atoms with Crippen LogP contribution >= 0.6 is 22.6 Å². The number of hydrogen-bond acceptors (Lipinski definition) is 3. The van der Waals surface area contributed by atoms with Gasteiger partial charge in [-0.2, -0.15) is 0 Å². The maximum absolute atomic E-state index is 11.8. The summed E-state index contributed by atoms with van der Waals surface area (Å²) in [6, 6.07) is 5.73. The van der Waals surface area contributed by atoms with Gasteiger partial charge in [0.2, 0.25) is 5.82 Å². The molecule has 1 amide bonds. The molecule has 0 saturated heterocycles. The van der Waals surface area contributed by atoms with Crippen LogP contribution < -0.4 is 5.32 Å². The monoisotopic (exact) mass is 342 g/mol. The van der Waals surface area contributed by atoms with Gasteiger partial charge in [-0.15, -0.1) is 5.10 Å². The molecule has 0 spiro atoms. The predicted molar refractivity (Wildman–Crippen MR) is 73.0 cm³/mol. The number of halogens is 1. The zero-order chi connectivity index (χ0) is 12.4. The maximum Gasteiger partial charge on any atom is 0.295 e. The van der Waals surface area contributed by atoms with E-state index in [1.807, 2.05) is 25.1 Å². The van der Waals surface area contributed by atoms with Gasteiger partial charge in [0.05, 0.1) is 0 Å². The van der Waals surface area contributed by atoms with E-state index in [-0.39, 0.29) is 11.7 Å². The lowest BCUT2D eigenvalue weighted by atomic mass is 10.2. The second-order valence-corrected chi connectivity index (χ2v) is 4.82. The minimum absolute atomic E-state index is 0.151. The summed E-state index contributed by atoms with van der Waals surface area (Å²) < 4.78 is 1.10. The first kappa shape index (κ1) is 12.0. The van der Waals surface area contributed by atoms with Crippen molar-refractivity contribution in [1.29, 1.82) is 0 Å². The van der Waals surface area contributed by atoms with Crippen LogP contribution in [0.3, 0.4) is 0 Å². The molecule has 1 aromatic heterocycles. The van der Waals surface area contributed by atoms with Crippen LogP contribution in [-0.2, 0) is 0 Å². The van der Waals surface area contributed by atoms with Gasteiger partial charge in [-0.25, -0.2) is 4.98 Å². The first-order valence-corrected chi connectivity index (χ1v) is 6.10. The number of aromatic amines is 1. The Bertz CT molecular complexity index is 564. The van der Waals surface area contributed by atoms with Crippen LogP contribution in [0.15, 0.2) is 18.2 Å². The molecule has 0 bridgehead atoms. The van der Waals surface area contributed by atoms with Crippen LogP contribution in [0, 0.1) is 17.4 Å². The molecule has 1 heterocycles. The highest BCUT2D eigenvalue weighted by molar-refractivity contribution is 14.1. The van der Waals surface area contributed by atoms with E-state index in [4.69, 9.17) is 0 Å². The Morgan fingerprint density at radius 2 is 2.18 bits per heavy atom. The summed E-state index contributed by atoms with van der Waals surface area (Å²) in [7, 11) is 0. The second kappa shape index (κ2) is 4.82. The number of rotatable bonds is 2. The molecule has 6 heteroatoms. The molecule has 0 unspecified atom stereocenters. The number of hydrogen-bond donors (Lipinski definition) is 2. The minimum Gasteiger partial charge on any atom is -0.319 e. The molecule has 5 nitrogen and oxygen atoms in total. The minimum atomic E-state index is -0.311. The normalized spacial score (nSPS) is 10.3. The van der Waals surface area contributed by atoms with Gasteiger partial charge in [-0.1, -0.05) is 6.07 Å². The number of aryl methyl sites for hydroxylation is 2. The Labute approximate surface area is 112 Å². The SMILES string of the molecule is Cc1nc(C(=O)Nc2ccc(C)c(I)c2)n[nH]1. The average Bonchev–Trinajstić information content (AvgIpc) is 2.70. The standard InChI is InChI=1S/C11H11IN4O/c1-6-3-4-8(5-9(6)12)14-11(17)10-13-7(2)15-16-10/h3-5H,1-2H3,(H,14,17)(H,13,15,16). The number of benzene rings is 1. The van der Waals surface area contributed by atoms with Crippen molar-refractivity contribution in [3.05, 3.63) is 39.0 Å². The third-order valence-corrected chi connectivity index (χ3v) is 3.39. The smallest absolute Gasteiger partial charge is 0.295 e. The van der Waals surface area contributed by atoms with E-state index in [9.17, 15) is 4.79 Å². The van der Waals surface area contributed by atoms with E-state index in [2.05, 4.69) is 43.1 Å². The summed E-state index contributed by atoms with van der Waals surface area (Å²) in [6.07, 6.45) is 0. The van der Waals surface area contributed by atoms with Crippen molar-refractivity contribution in [2.24, 2.45) is 0 Å². The average molecular weight is 342 g/mol. The molecule has 2 rings (SSSR count). The number of nitrogens with one attached hydrogen (secondary N) is 2. The van der Waals surface area contributed by atoms with E-state index in [0.717, 1.165) is 9.26 Å². The molecule has 0 aliphatic heterocycles.